The van der Waals surface area contributed by atoms with Crippen molar-refractivity contribution in [2.45, 2.75) is 13.3 Å². The lowest BCUT2D eigenvalue weighted by Crippen LogP contribution is -2.17. The van der Waals surface area contributed by atoms with E-state index >= 15 is 0 Å². The van der Waals surface area contributed by atoms with E-state index in [-0.39, 0.29) is 0 Å². The first-order valence-corrected chi connectivity index (χ1v) is 4.89. The number of hydrogen-bond acceptors (Lipinski definition) is 0. The summed E-state index contributed by atoms with van der Waals surface area (Å²) in [6.45, 7) is 2.19. The van der Waals surface area contributed by atoms with Crippen LogP contribution >= 0.6 is 0 Å². The fraction of sp³-hybridized carbons (Fsp3) is 0.500. The standard InChI is InChI=1S/C12H14/c1-8-2-5-11-9(6-8)3-4-10-7-12(10)11/h2-6,9-12H,7H2,1H3. The van der Waals surface area contributed by atoms with Gasteiger partial charge in [0.15, 0.2) is 0 Å². The summed E-state index contributed by atoms with van der Waals surface area (Å²) in [5.41, 5.74) is 1.43. The molecular formula is C12H14. The third-order valence-electron chi connectivity index (χ3n) is 3.45. The molecule has 0 aromatic carbocycles. The van der Waals surface area contributed by atoms with Crippen LogP contribution in [0.5, 0.6) is 0 Å². The first kappa shape index (κ1) is 6.71. The Hall–Kier alpha value is -0.780. The van der Waals surface area contributed by atoms with Gasteiger partial charge in [0.25, 0.3) is 0 Å². The summed E-state index contributed by atoms with van der Waals surface area (Å²) in [4.78, 5) is 0. The minimum Gasteiger partial charge on any atom is -0.0845 e. The topological polar surface area (TPSA) is 0 Å². The highest BCUT2D eigenvalue weighted by Crippen LogP contribution is 2.53. The third kappa shape index (κ3) is 0.841. The largest absolute Gasteiger partial charge is 0.0845 e. The lowest BCUT2D eigenvalue weighted by Gasteiger charge is -2.25. The van der Waals surface area contributed by atoms with Gasteiger partial charge in [0.05, 0.1) is 0 Å². The normalized spacial score (nSPS) is 47.9. The second-order valence-electron chi connectivity index (χ2n) is 4.37. The Morgan fingerprint density at radius 1 is 1.25 bits per heavy atom. The van der Waals surface area contributed by atoms with E-state index in [0.29, 0.717) is 0 Å². The second-order valence-corrected chi connectivity index (χ2v) is 4.37. The molecule has 0 aromatic rings. The van der Waals surface area contributed by atoms with Crippen molar-refractivity contribution in [3.05, 3.63) is 36.0 Å². The lowest BCUT2D eigenvalue weighted by molar-refractivity contribution is 0.453. The molecule has 0 N–H and O–H groups in total. The SMILES string of the molecule is CC1=CC2C=CC3CC3C2C=C1. The Kier molecular flexibility index (Phi) is 1.19. The summed E-state index contributed by atoms with van der Waals surface area (Å²) in [7, 11) is 0. The zero-order valence-electron chi connectivity index (χ0n) is 7.40. The smallest absolute Gasteiger partial charge is 0.00182 e. The molecule has 0 saturated heterocycles. The van der Waals surface area contributed by atoms with Gasteiger partial charge in [-0.3, -0.25) is 0 Å². The highest BCUT2D eigenvalue weighted by molar-refractivity contribution is 5.31. The number of rotatable bonds is 0. The minimum absolute atomic E-state index is 0.721. The second kappa shape index (κ2) is 2.12. The predicted molar refractivity (Wildman–Crippen MR) is 50.6 cm³/mol. The van der Waals surface area contributed by atoms with Crippen molar-refractivity contribution in [2.24, 2.45) is 23.7 Å². The van der Waals surface area contributed by atoms with Gasteiger partial charge in [-0.25, -0.2) is 0 Å². The molecule has 12 heavy (non-hydrogen) atoms. The molecule has 0 heterocycles. The molecule has 0 spiro atoms. The zero-order chi connectivity index (χ0) is 8.13. The van der Waals surface area contributed by atoms with Crippen LogP contribution < -0.4 is 0 Å². The maximum absolute atomic E-state index is 2.43. The third-order valence-corrected chi connectivity index (χ3v) is 3.45. The van der Waals surface area contributed by atoms with E-state index in [9.17, 15) is 0 Å². The molecule has 0 amide bonds. The number of allylic oxidation sites excluding steroid dienone is 6. The fourth-order valence-corrected chi connectivity index (χ4v) is 2.64. The van der Waals surface area contributed by atoms with E-state index in [1.54, 1.807) is 0 Å². The van der Waals surface area contributed by atoms with Crippen LogP contribution in [-0.2, 0) is 0 Å². The van der Waals surface area contributed by atoms with Gasteiger partial charge < -0.3 is 0 Å². The molecule has 0 aromatic heterocycles. The highest BCUT2D eigenvalue weighted by atomic mass is 14.5. The molecule has 0 radical (unpaired) electrons. The van der Waals surface area contributed by atoms with Gasteiger partial charge >= 0.3 is 0 Å². The Morgan fingerprint density at radius 2 is 2.17 bits per heavy atom. The molecule has 0 nitrogen and oxygen atoms in total. The molecule has 1 fully saturated rings. The Balaban J connectivity index is 1.97. The molecule has 3 aliphatic rings. The molecule has 3 rings (SSSR count). The summed E-state index contributed by atoms with van der Waals surface area (Å²) >= 11 is 0. The Labute approximate surface area is 73.7 Å². The quantitative estimate of drug-likeness (QED) is 0.475. The van der Waals surface area contributed by atoms with Gasteiger partial charge in [0.2, 0.25) is 0 Å². The van der Waals surface area contributed by atoms with E-state index < -0.39 is 0 Å². The zero-order valence-corrected chi connectivity index (χ0v) is 7.40. The summed E-state index contributed by atoms with van der Waals surface area (Å²) in [5, 5.41) is 0. The Bertz CT molecular complexity index is 293. The van der Waals surface area contributed by atoms with Crippen LogP contribution in [-0.4, -0.2) is 0 Å². The molecule has 1 saturated carbocycles. The molecule has 4 atom stereocenters. The lowest BCUT2D eigenvalue weighted by atomic mass is 9.79. The van der Waals surface area contributed by atoms with Crippen molar-refractivity contribution in [3.63, 3.8) is 0 Å². The van der Waals surface area contributed by atoms with E-state index in [1.807, 2.05) is 0 Å². The molecule has 0 aliphatic heterocycles. The summed E-state index contributed by atoms with van der Waals surface area (Å²) in [6.07, 6.45) is 13.4. The summed E-state index contributed by atoms with van der Waals surface area (Å²) in [5.74, 6) is 3.48. The van der Waals surface area contributed by atoms with Crippen molar-refractivity contribution < 1.29 is 0 Å². The van der Waals surface area contributed by atoms with E-state index in [1.165, 1.54) is 12.0 Å². The van der Waals surface area contributed by atoms with Gasteiger partial charge in [-0.05, 0) is 31.1 Å². The molecular weight excluding hydrogens is 144 g/mol. The molecule has 4 unspecified atom stereocenters. The van der Waals surface area contributed by atoms with Crippen molar-refractivity contribution >= 4 is 0 Å². The number of fused-ring (bicyclic) bond motifs is 3. The van der Waals surface area contributed by atoms with Crippen LogP contribution in [0.2, 0.25) is 0 Å². The summed E-state index contributed by atoms with van der Waals surface area (Å²) in [6, 6.07) is 0. The average molecular weight is 158 g/mol. The van der Waals surface area contributed by atoms with Gasteiger partial charge in [0, 0.05) is 5.92 Å². The minimum atomic E-state index is 0.721. The van der Waals surface area contributed by atoms with Crippen molar-refractivity contribution in [1.29, 1.82) is 0 Å². The number of hydrogen-bond donors (Lipinski definition) is 0. The highest BCUT2D eigenvalue weighted by Gasteiger charge is 2.45. The van der Waals surface area contributed by atoms with Crippen LogP contribution in [0.25, 0.3) is 0 Å². The van der Waals surface area contributed by atoms with Crippen molar-refractivity contribution in [2.75, 3.05) is 0 Å². The van der Waals surface area contributed by atoms with Crippen LogP contribution in [0.3, 0.4) is 0 Å². The molecule has 62 valence electrons. The van der Waals surface area contributed by atoms with Crippen LogP contribution in [0.15, 0.2) is 36.0 Å². The van der Waals surface area contributed by atoms with E-state index in [4.69, 9.17) is 0 Å². The van der Waals surface area contributed by atoms with Crippen molar-refractivity contribution in [3.8, 4) is 0 Å². The monoisotopic (exact) mass is 158 g/mol. The van der Waals surface area contributed by atoms with Crippen LogP contribution in [0.4, 0.5) is 0 Å². The maximum atomic E-state index is 2.43. The predicted octanol–water partition coefficient (Wildman–Crippen LogP) is 2.94. The molecule has 0 heteroatoms. The average Bonchev–Trinajstić information content (AvgIpc) is 2.82. The first-order valence-electron chi connectivity index (χ1n) is 4.89. The van der Waals surface area contributed by atoms with Crippen LogP contribution in [0, 0.1) is 23.7 Å². The van der Waals surface area contributed by atoms with E-state index in [0.717, 1.165) is 23.7 Å². The van der Waals surface area contributed by atoms with Crippen LogP contribution in [0.1, 0.15) is 13.3 Å². The summed E-state index contributed by atoms with van der Waals surface area (Å²) < 4.78 is 0. The van der Waals surface area contributed by atoms with Gasteiger partial charge in [-0.2, -0.15) is 0 Å². The first-order chi connectivity index (χ1) is 5.84. The van der Waals surface area contributed by atoms with Gasteiger partial charge in [0.1, 0.15) is 0 Å². The molecule has 3 aliphatic carbocycles. The fourth-order valence-electron chi connectivity index (χ4n) is 2.64. The molecule has 0 bridgehead atoms. The maximum Gasteiger partial charge on any atom is 0.00182 e. The van der Waals surface area contributed by atoms with Gasteiger partial charge in [-0.1, -0.05) is 36.0 Å². The Morgan fingerprint density at radius 3 is 3.08 bits per heavy atom. The van der Waals surface area contributed by atoms with Gasteiger partial charge in [-0.15, -0.1) is 0 Å². The van der Waals surface area contributed by atoms with E-state index in [2.05, 4.69) is 37.3 Å². The van der Waals surface area contributed by atoms with Crippen molar-refractivity contribution in [1.82, 2.24) is 0 Å².